The van der Waals surface area contributed by atoms with Crippen LogP contribution in [-0.2, 0) is 4.74 Å². The summed E-state index contributed by atoms with van der Waals surface area (Å²) in [7, 11) is -1.57. The molecule has 2 aliphatic rings. The third kappa shape index (κ3) is 3.23. The number of ether oxygens (including phenoxy) is 1. The minimum absolute atomic E-state index is 0.206. The molecule has 1 aromatic rings. The molecule has 1 aromatic carbocycles. The number of esters is 1. The molecule has 0 heterocycles. The molecular formula is C17H22N2O6Si. The van der Waals surface area contributed by atoms with Gasteiger partial charge in [0.15, 0.2) is 0 Å². The summed E-state index contributed by atoms with van der Waals surface area (Å²) in [5.74, 6) is 0.126. The molecule has 0 unspecified atom stereocenters. The van der Waals surface area contributed by atoms with E-state index in [-0.39, 0.29) is 11.7 Å². The van der Waals surface area contributed by atoms with Crippen LogP contribution in [0.4, 0.5) is 11.4 Å². The van der Waals surface area contributed by atoms with E-state index in [0.717, 1.165) is 37.5 Å². The fourth-order valence-electron chi connectivity index (χ4n) is 4.75. The van der Waals surface area contributed by atoms with Crippen molar-refractivity contribution in [1.29, 1.82) is 0 Å². The molecule has 0 radical (unpaired) electrons. The number of nitrogens with zero attached hydrogens (tertiary/aromatic N) is 2. The molecule has 2 fully saturated rings. The Morgan fingerprint density at radius 1 is 1.12 bits per heavy atom. The fourth-order valence-corrected chi connectivity index (χ4v) is 7.80. The van der Waals surface area contributed by atoms with Crippen LogP contribution in [0.3, 0.4) is 0 Å². The molecule has 0 amide bonds. The van der Waals surface area contributed by atoms with Gasteiger partial charge in [-0.2, -0.15) is 0 Å². The summed E-state index contributed by atoms with van der Waals surface area (Å²) in [6, 6.07) is 3.03. The molecule has 8 nitrogen and oxygen atoms in total. The maximum Gasteiger partial charge on any atom is 0.345 e. The second-order valence-corrected chi connectivity index (χ2v) is 13.7. The van der Waals surface area contributed by atoms with E-state index in [1.54, 1.807) is 0 Å². The molecule has 0 aromatic heterocycles. The van der Waals surface area contributed by atoms with Crippen molar-refractivity contribution in [3.63, 3.8) is 0 Å². The van der Waals surface area contributed by atoms with Crippen molar-refractivity contribution in [1.82, 2.24) is 0 Å². The van der Waals surface area contributed by atoms with E-state index in [4.69, 9.17) is 4.74 Å². The van der Waals surface area contributed by atoms with Gasteiger partial charge in [0.2, 0.25) is 0 Å². The third-order valence-corrected chi connectivity index (χ3v) is 8.49. The van der Waals surface area contributed by atoms with Crippen molar-refractivity contribution in [2.75, 3.05) is 0 Å². The number of nitro groups is 2. The van der Waals surface area contributed by atoms with Crippen molar-refractivity contribution in [3.05, 3.63) is 44.0 Å². The van der Waals surface area contributed by atoms with Gasteiger partial charge in [-0.1, -0.05) is 19.6 Å². The highest BCUT2D eigenvalue weighted by molar-refractivity contribution is 6.77. The van der Waals surface area contributed by atoms with E-state index in [1.807, 2.05) is 0 Å². The second-order valence-electron chi connectivity index (χ2n) is 8.31. The Balaban J connectivity index is 1.88. The molecular weight excluding hydrogens is 356 g/mol. The number of hydrogen-bond acceptors (Lipinski definition) is 6. The summed E-state index contributed by atoms with van der Waals surface area (Å²) in [5, 5.41) is 22.1. The van der Waals surface area contributed by atoms with Gasteiger partial charge in [0.25, 0.3) is 11.4 Å². The lowest BCUT2D eigenvalue weighted by molar-refractivity contribution is -0.394. The van der Waals surface area contributed by atoms with E-state index in [0.29, 0.717) is 17.4 Å². The Hall–Kier alpha value is -2.29. The Kier molecular flexibility index (Phi) is 4.59. The first-order chi connectivity index (χ1) is 12.1. The summed E-state index contributed by atoms with van der Waals surface area (Å²) >= 11 is 0. The number of nitro benzene ring substituents is 2. The lowest BCUT2D eigenvalue weighted by Crippen LogP contribution is -2.42. The standard InChI is InChI=1S/C17H22N2O6Si/c1-26(2,3)16-11-5-4-10(8-11)15(16)25-17(20)13-7-6-12(18(21)22)9-14(13)19(23)24/h6-7,9-11,15-16H,4-5,8H2,1-3H3/t10-,11+,15-,16+/m0/s1. The number of carbonyl (C=O) groups is 1. The third-order valence-electron chi connectivity index (χ3n) is 5.69. The molecule has 2 aliphatic carbocycles. The van der Waals surface area contributed by atoms with Crippen molar-refractivity contribution in [2.24, 2.45) is 11.8 Å². The molecule has 2 bridgehead atoms. The maximum atomic E-state index is 12.7. The Morgan fingerprint density at radius 3 is 2.35 bits per heavy atom. The zero-order valence-corrected chi connectivity index (χ0v) is 16.0. The van der Waals surface area contributed by atoms with Crippen LogP contribution in [0.1, 0.15) is 29.6 Å². The monoisotopic (exact) mass is 378 g/mol. The predicted molar refractivity (Wildman–Crippen MR) is 96.9 cm³/mol. The van der Waals surface area contributed by atoms with Gasteiger partial charge in [0.05, 0.1) is 24.0 Å². The normalized spacial score (nSPS) is 27.3. The molecule has 3 rings (SSSR count). The van der Waals surface area contributed by atoms with Crippen molar-refractivity contribution in [3.8, 4) is 0 Å². The highest BCUT2D eigenvalue weighted by Crippen LogP contribution is 2.56. The molecule has 0 spiro atoms. The second kappa shape index (κ2) is 6.46. The van der Waals surface area contributed by atoms with Gasteiger partial charge in [-0.25, -0.2) is 4.79 Å². The van der Waals surface area contributed by atoms with Crippen LogP contribution in [0.15, 0.2) is 18.2 Å². The quantitative estimate of drug-likeness (QED) is 0.329. The van der Waals surface area contributed by atoms with E-state index in [1.165, 1.54) is 0 Å². The van der Waals surface area contributed by atoms with Gasteiger partial charge in [-0.15, -0.1) is 0 Å². The van der Waals surface area contributed by atoms with E-state index < -0.39 is 35.3 Å². The summed E-state index contributed by atoms with van der Waals surface area (Å²) in [6.45, 7) is 6.77. The minimum Gasteiger partial charge on any atom is -0.458 e. The van der Waals surface area contributed by atoms with Gasteiger partial charge in [0.1, 0.15) is 11.7 Å². The molecule has 0 saturated heterocycles. The Labute approximate surface area is 151 Å². The zero-order chi connectivity index (χ0) is 19.2. The lowest BCUT2D eigenvalue weighted by Gasteiger charge is -2.38. The molecule has 140 valence electrons. The molecule has 4 atom stereocenters. The minimum atomic E-state index is -1.57. The zero-order valence-electron chi connectivity index (χ0n) is 15.0. The van der Waals surface area contributed by atoms with E-state index >= 15 is 0 Å². The number of hydrogen-bond donors (Lipinski definition) is 0. The van der Waals surface area contributed by atoms with Crippen LogP contribution in [-0.4, -0.2) is 30.0 Å². The molecule has 0 N–H and O–H groups in total. The Morgan fingerprint density at radius 2 is 1.77 bits per heavy atom. The van der Waals surface area contributed by atoms with Crippen LogP contribution < -0.4 is 0 Å². The van der Waals surface area contributed by atoms with Crippen LogP contribution in [0.2, 0.25) is 25.2 Å². The highest BCUT2D eigenvalue weighted by atomic mass is 28.3. The summed E-state index contributed by atoms with van der Waals surface area (Å²) in [5.41, 5.74) is -0.884. The van der Waals surface area contributed by atoms with Crippen LogP contribution >= 0.6 is 0 Å². The number of fused-ring (bicyclic) bond motifs is 2. The van der Waals surface area contributed by atoms with Crippen LogP contribution in [0.25, 0.3) is 0 Å². The lowest BCUT2D eigenvalue weighted by atomic mass is 9.96. The van der Waals surface area contributed by atoms with Gasteiger partial charge in [-0.05, 0) is 42.7 Å². The van der Waals surface area contributed by atoms with Crippen molar-refractivity contribution >= 4 is 25.4 Å². The Bertz CT molecular complexity index is 775. The largest absolute Gasteiger partial charge is 0.458 e. The molecule has 9 heteroatoms. The molecule has 2 saturated carbocycles. The number of benzene rings is 1. The topological polar surface area (TPSA) is 113 Å². The number of rotatable bonds is 5. The number of carbonyl (C=O) groups excluding carboxylic acids is 1. The maximum absolute atomic E-state index is 12.7. The summed E-state index contributed by atoms with van der Waals surface area (Å²) in [6.07, 6.45) is 3.02. The average Bonchev–Trinajstić information content (AvgIpc) is 3.14. The first-order valence-corrected chi connectivity index (χ1v) is 12.3. The fraction of sp³-hybridized carbons (Fsp3) is 0.588. The highest BCUT2D eigenvalue weighted by Gasteiger charge is 2.54. The SMILES string of the molecule is C[Si](C)(C)[C@@H]1[C@@H]2CC[C@@H](C2)[C@@H]1OC(=O)c1ccc([N+](=O)[O-])cc1[N+](=O)[O-]. The summed E-state index contributed by atoms with van der Waals surface area (Å²) in [4.78, 5) is 33.3. The van der Waals surface area contributed by atoms with Crippen molar-refractivity contribution in [2.45, 2.75) is 50.5 Å². The van der Waals surface area contributed by atoms with E-state index in [9.17, 15) is 25.0 Å². The van der Waals surface area contributed by atoms with Crippen LogP contribution in [0, 0.1) is 32.1 Å². The number of non-ortho nitro benzene ring substituents is 1. The average molecular weight is 378 g/mol. The van der Waals surface area contributed by atoms with Gasteiger partial charge < -0.3 is 4.74 Å². The van der Waals surface area contributed by atoms with Gasteiger partial charge >= 0.3 is 5.97 Å². The first-order valence-electron chi connectivity index (χ1n) is 8.73. The van der Waals surface area contributed by atoms with Crippen LogP contribution in [0.5, 0.6) is 0 Å². The van der Waals surface area contributed by atoms with Gasteiger partial charge in [0, 0.05) is 6.07 Å². The van der Waals surface area contributed by atoms with Gasteiger partial charge in [-0.3, -0.25) is 20.2 Å². The van der Waals surface area contributed by atoms with Crippen molar-refractivity contribution < 1.29 is 19.4 Å². The summed E-state index contributed by atoms with van der Waals surface area (Å²) < 4.78 is 5.78. The smallest absolute Gasteiger partial charge is 0.345 e. The molecule has 0 aliphatic heterocycles. The predicted octanol–water partition coefficient (Wildman–Crippen LogP) is 4.17. The molecule has 26 heavy (non-hydrogen) atoms. The first kappa shape index (κ1) is 18.5. The van der Waals surface area contributed by atoms with E-state index in [2.05, 4.69) is 19.6 Å².